The molecule has 74 valence electrons. The zero-order valence-corrected chi connectivity index (χ0v) is 9.40. The molecule has 0 rings (SSSR count). The molecule has 1 heteroatoms. The monoisotopic (exact) mass is 172 g/mol. The summed E-state index contributed by atoms with van der Waals surface area (Å²) in [6.45, 7) is 7.14. The second-order valence-electron chi connectivity index (χ2n) is 4.39. The van der Waals surface area contributed by atoms with Gasteiger partial charge in [0.1, 0.15) is 0 Å². The molecule has 0 heterocycles. The van der Waals surface area contributed by atoms with E-state index in [9.17, 15) is 0 Å². The minimum absolute atomic E-state index is 1.19. The number of hydrogen-bond donors (Lipinski definition) is 0. The van der Waals surface area contributed by atoms with E-state index in [2.05, 4.69) is 27.9 Å². The van der Waals surface area contributed by atoms with Crippen LogP contribution >= 0.6 is 0 Å². The van der Waals surface area contributed by atoms with Crippen LogP contribution in [0.4, 0.5) is 0 Å². The van der Waals surface area contributed by atoms with Crippen LogP contribution in [0.2, 0.25) is 0 Å². The largest absolute Gasteiger partial charge is 0.329 e. The van der Waals surface area contributed by atoms with Crippen molar-refractivity contribution in [3.05, 3.63) is 0 Å². The molecule has 0 amide bonds. The first-order valence-corrected chi connectivity index (χ1v) is 5.44. The zero-order valence-electron chi connectivity index (χ0n) is 9.40. The van der Waals surface area contributed by atoms with Crippen LogP contribution in [-0.2, 0) is 0 Å². The van der Waals surface area contributed by atoms with Crippen molar-refractivity contribution in [3.63, 3.8) is 0 Å². The van der Waals surface area contributed by atoms with E-state index in [0.717, 1.165) is 0 Å². The highest BCUT2D eigenvalue weighted by molar-refractivity contribution is 4.41. The molecule has 0 bridgehead atoms. The fourth-order valence-corrected chi connectivity index (χ4v) is 1.30. The van der Waals surface area contributed by atoms with Crippen LogP contribution in [0.25, 0.3) is 0 Å². The third-order valence-electron chi connectivity index (χ3n) is 2.72. The van der Waals surface area contributed by atoms with Gasteiger partial charge in [-0.2, -0.15) is 0 Å². The molecule has 0 fully saturated rings. The van der Waals surface area contributed by atoms with Crippen molar-refractivity contribution in [3.8, 4) is 0 Å². The molecule has 12 heavy (non-hydrogen) atoms. The summed E-state index contributed by atoms with van der Waals surface area (Å²) in [5.41, 5.74) is 0. The Morgan fingerprint density at radius 2 is 1.42 bits per heavy atom. The fourth-order valence-electron chi connectivity index (χ4n) is 1.30. The molecular formula is C11H26N+. The molecule has 0 radical (unpaired) electrons. The first-order valence-electron chi connectivity index (χ1n) is 5.44. The van der Waals surface area contributed by atoms with Crippen LogP contribution in [0.5, 0.6) is 0 Å². The molecule has 0 aromatic carbocycles. The SMILES string of the molecule is CCCCCCC[N+](C)(C)CC. The lowest BCUT2D eigenvalue weighted by Crippen LogP contribution is -2.39. The Labute approximate surface area is 78.4 Å². The van der Waals surface area contributed by atoms with E-state index in [4.69, 9.17) is 0 Å². The highest BCUT2D eigenvalue weighted by atomic mass is 15.3. The van der Waals surface area contributed by atoms with E-state index in [1.165, 1.54) is 49.7 Å². The summed E-state index contributed by atoms with van der Waals surface area (Å²) in [6, 6.07) is 0. The summed E-state index contributed by atoms with van der Waals surface area (Å²) in [7, 11) is 4.64. The molecule has 0 N–H and O–H groups in total. The van der Waals surface area contributed by atoms with Crippen molar-refractivity contribution in [1.82, 2.24) is 0 Å². The van der Waals surface area contributed by atoms with Gasteiger partial charge < -0.3 is 4.48 Å². The van der Waals surface area contributed by atoms with Gasteiger partial charge in [-0.3, -0.25) is 0 Å². The fraction of sp³-hybridized carbons (Fsp3) is 1.00. The summed E-state index contributed by atoms with van der Waals surface area (Å²) < 4.78 is 1.19. The quantitative estimate of drug-likeness (QED) is 0.409. The lowest BCUT2D eigenvalue weighted by Gasteiger charge is -2.28. The number of rotatable bonds is 7. The predicted molar refractivity (Wildman–Crippen MR) is 56.3 cm³/mol. The summed E-state index contributed by atoms with van der Waals surface area (Å²) >= 11 is 0. The second kappa shape index (κ2) is 6.47. The second-order valence-corrected chi connectivity index (χ2v) is 4.39. The van der Waals surface area contributed by atoms with Crippen molar-refractivity contribution < 1.29 is 4.48 Å². The van der Waals surface area contributed by atoms with E-state index in [1.807, 2.05) is 0 Å². The van der Waals surface area contributed by atoms with Crippen LogP contribution < -0.4 is 0 Å². The maximum atomic E-state index is 2.32. The van der Waals surface area contributed by atoms with Gasteiger partial charge in [-0.1, -0.05) is 26.2 Å². The molecule has 0 aliphatic rings. The van der Waals surface area contributed by atoms with Crippen LogP contribution in [0, 0.1) is 0 Å². The van der Waals surface area contributed by atoms with Gasteiger partial charge in [-0.15, -0.1) is 0 Å². The Balaban J connectivity index is 3.19. The molecular weight excluding hydrogens is 146 g/mol. The molecule has 0 aliphatic heterocycles. The molecule has 1 nitrogen and oxygen atoms in total. The summed E-state index contributed by atoms with van der Waals surface area (Å²) in [5, 5.41) is 0. The molecule has 0 atom stereocenters. The standard InChI is InChI=1S/C11H26N/c1-5-7-8-9-10-11-12(3,4)6-2/h5-11H2,1-4H3/q+1. The van der Waals surface area contributed by atoms with Crippen molar-refractivity contribution in [2.45, 2.75) is 46.0 Å². The van der Waals surface area contributed by atoms with Crippen LogP contribution in [0.1, 0.15) is 46.0 Å². The smallest absolute Gasteiger partial charge is 0.0782 e. The first kappa shape index (κ1) is 12.0. The van der Waals surface area contributed by atoms with Crippen molar-refractivity contribution >= 4 is 0 Å². The lowest BCUT2D eigenvalue weighted by atomic mass is 10.1. The van der Waals surface area contributed by atoms with Gasteiger partial charge in [-0.05, 0) is 19.8 Å². The third-order valence-corrected chi connectivity index (χ3v) is 2.72. The van der Waals surface area contributed by atoms with E-state index in [-0.39, 0.29) is 0 Å². The predicted octanol–water partition coefficient (Wildman–Crippen LogP) is 3.05. The van der Waals surface area contributed by atoms with E-state index in [0.29, 0.717) is 0 Å². The molecule has 0 spiro atoms. The van der Waals surface area contributed by atoms with Gasteiger partial charge in [0.2, 0.25) is 0 Å². The normalized spacial score (nSPS) is 12.0. The van der Waals surface area contributed by atoms with Crippen LogP contribution in [0.15, 0.2) is 0 Å². The Bertz CT molecular complexity index is 97.2. The molecule has 0 saturated carbocycles. The average Bonchev–Trinajstić information content (AvgIpc) is 2.04. The topological polar surface area (TPSA) is 0 Å². The highest BCUT2D eigenvalue weighted by Gasteiger charge is 2.09. The Hall–Kier alpha value is -0.0400. The van der Waals surface area contributed by atoms with Crippen molar-refractivity contribution in [2.24, 2.45) is 0 Å². The van der Waals surface area contributed by atoms with Gasteiger partial charge in [0.15, 0.2) is 0 Å². The minimum atomic E-state index is 1.19. The van der Waals surface area contributed by atoms with Gasteiger partial charge >= 0.3 is 0 Å². The van der Waals surface area contributed by atoms with E-state index >= 15 is 0 Å². The lowest BCUT2D eigenvalue weighted by molar-refractivity contribution is -0.888. The van der Waals surface area contributed by atoms with Gasteiger partial charge in [0.05, 0.1) is 27.2 Å². The molecule has 0 aromatic rings. The number of hydrogen-bond acceptors (Lipinski definition) is 0. The van der Waals surface area contributed by atoms with Crippen molar-refractivity contribution in [1.29, 1.82) is 0 Å². The van der Waals surface area contributed by atoms with Gasteiger partial charge in [0.25, 0.3) is 0 Å². The number of unbranched alkanes of at least 4 members (excludes halogenated alkanes) is 4. The maximum absolute atomic E-state index is 2.32. The van der Waals surface area contributed by atoms with E-state index in [1.54, 1.807) is 0 Å². The van der Waals surface area contributed by atoms with Crippen molar-refractivity contribution in [2.75, 3.05) is 27.2 Å². The third kappa shape index (κ3) is 6.66. The minimum Gasteiger partial charge on any atom is -0.329 e. The number of nitrogens with zero attached hydrogens (tertiary/aromatic N) is 1. The Kier molecular flexibility index (Phi) is 6.45. The summed E-state index contributed by atoms with van der Waals surface area (Å²) in [6.07, 6.45) is 7.03. The van der Waals surface area contributed by atoms with Gasteiger partial charge in [0, 0.05) is 0 Å². The summed E-state index contributed by atoms with van der Waals surface area (Å²) in [4.78, 5) is 0. The molecule has 0 aromatic heterocycles. The summed E-state index contributed by atoms with van der Waals surface area (Å²) in [5.74, 6) is 0. The average molecular weight is 172 g/mol. The zero-order chi connectivity index (χ0) is 9.45. The van der Waals surface area contributed by atoms with Crippen LogP contribution in [-0.4, -0.2) is 31.7 Å². The maximum Gasteiger partial charge on any atom is 0.0782 e. The van der Waals surface area contributed by atoms with Crippen LogP contribution in [0.3, 0.4) is 0 Å². The molecule has 0 saturated heterocycles. The Morgan fingerprint density at radius 1 is 0.833 bits per heavy atom. The highest BCUT2D eigenvalue weighted by Crippen LogP contribution is 2.06. The number of quaternary nitrogens is 1. The van der Waals surface area contributed by atoms with E-state index < -0.39 is 0 Å². The molecule has 0 aliphatic carbocycles. The Morgan fingerprint density at radius 3 is 1.92 bits per heavy atom. The van der Waals surface area contributed by atoms with Gasteiger partial charge in [-0.25, -0.2) is 0 Å². The molecule has 0 unspecified atom stereocenters. The first-order chi connectivity index (χ1) is 5.62.